The van der Waals surface area contributed by atoms with E-state index in [2.05, 4.69) is 0 Å². The van der Waals surface area contributed by atoms with E-state index in [0.29, 0.717) is 0 Å². The first-order chi connectivity index (χ1) is 7.79. The van der Waals surface area contributed by atoms with E-state index in [9.17, 15) is 4.79 Å². The van der Waals surface area contributed by atoms with Gasteiger partial charge in [0.1, 0.15) is 0 Å². The molecule has 0 saturated heterocycles. The number of nitrogens with zero attached hydrogens (tertiary/aromatic N) is 1. The highest BCUT2D eigenvalue weighted by atomic mass is 16.2. The summed E-state index contributed by atoms with van der Waals surface area (Å²) in [5, 5.41) is 0. The number of nitrogens with two attached hydrogens (primary N) is 1. The highest BCUT2D eigenvalue weighted by molar-refractivity contribution is 5.98. The van der Waals surface area contributed by atoms with Crippen LogP contribution < -0.4 is 10.6 Å². The van der Waals surface area contributed by atoms with Crippen LogP contribution in [0.25, 0.3) is 0 Å². The molecule has 0 saturated carbocycles. The molecule has 0 radical (unpaired) electrons. The molecule has 0 bridgehead atoms. The van der Waals surface area contributed by atoms with Crippen LogP contribution in [0.15, 0.2) is 60.7 Å². The number of rotatable bonds is 2. The molecule has 0 aromatic heterocycles. The van der Waals surface area contributed by atoms with E-state index in [1.807, 2.05) is 60.7 Å². The molecule has 80 valence electrons. The summed E-state index contributed by atoms with van der Waals surface area (Å²) in [6.07, 6.45) is 0. The number of anilines is 2. The van der Waals surface area contributed by atoms with Gasteiger partial charge in [0.05, 0.1) is 11.4 Å². The summed E-state index contributed by atoms with van der Waals surface area (Å²) in [5.74, 6) is 0. The van der Waals surface area contributed by atoms with E-state index >= 15 is 0 Å². The Hall–Kier alpha value is -2.29. The van der Waals surface area contributed by atoms with Gasteiger partial charge < -0.3 is 5.73 Å². The van der Waals surface area contributed by atoms with Crippen molar-refractivity contribution >= 4 is 17.4 Å². The number of carbonyl (C=O) groups excluding carboxylic acids is 1. The lowest BCUT2D eigenvalue weighted by Gasteiger charge is -2.20. The summed E-state index contributed by atoms with van der Waals surface area (Å²) in [7, 11) is 0. The first-order valence-corrected chi connectivity index (χ1v) is 4.98. The van der Waals surface area contributed by atoms with Crippen molar-refractivity contribution in [2.75, 3.05) is 4.90 Å². The maximum Gasteiger partial charge on any atom is 0.323 e. The van der Waals surface area contributed by atoms with Crippen LogP contribution in [0.1, 0.15) is 0 Å². The Balaban J connectivity index is 2.44. The van der Waals surface area contributed by atoms with E-state index in [-0.39, 0.29) is 0 Å². The van der Waals surface area contributed by atoms with Gasteiger partial charge >= 0.3 is 6.03 Å². The number of amides is 2. The summed E-state index contributed by atoms with van der Waals surface area (Å²) >= 11 is 0. The number of carbonyl (C=O) groups is 1. The summed E-state index contributed by atoms with van der Waals surface area (Å²) in [6, 6.07) is 18.2. The zero-order chi connectivity index (χ0) is 11.4. The molecular weight excluding hydrogens is 199 g/mol. The smallest absolute Gasteiger partial charge is 0.323 e. The van der Waals surface area contributed by atoms with Gasteiger partial charge in [-0.1, -0.05) is 36.4 Å². The van der Waals surface area contributed by atoms with Crippen LogP contribution in [0.4, 0.5) is 16.2 Å². The number of hydrogen-bond acceptors (Lipinski definition) is 1. The van der Waals surface area contributed by atoms with Crippen molar-refractivity contribution in [2.24, 2.45) is 5.73 Å². The Labute approximate surface area is 94.1 Å². The fraction of sp³-hybridized carbons (Fsp3) is 0. The third kappa shape index (κ3) is 2.03. The van der Waals surface area contributed by atoms with Gasteiger partial charge in [0.15, 0.2) is 0 Å². The maximum absolute atomic E-state index is 11.4. The Morgan fingerprint density at radius 2 is 1.19 bits per heavy atom. The van der Waals surface area contributed by atoms with Crippen molar-refractivity contribution in [3.63, 3.8) is 0 Å². The highest BCUT2D eigenvalue weighted by Crippen LogP contribution is 2.23. The molecule has 0 atom stereocenters. The van der Waals surface area contributed by atoms with Crippen molar-refractivity contribution < 1.29 is 4.79 Å². The molecule has 0 unspecified atom stereocenters. The third-order valence-corrected chi connectivity index (χ3v) is 2.25. The molecule has 2 N–H and O–H groups in total. The molecule has 3 heteroatoms. The number of benzene rings is 2. The molecule has 0 fully saturated rings. The van der Waals surface area contributed by atoms with Crippen molar-refractivity contribution in [3.8, 4) is 0 Å². The third-order valence-electron chi connectivity index (χ3n) is 2.25. The Bertz CT molecular complexity index is 428. The molecular formula is C13H12N2O. The number of urea groups is 1. The molecule has 2 amide bonds. The van der Waals surface area contributed by atoms with Gasteiger partial charge in [0, 0.05) is 0 Å². The zero-order valence-corrected chi connectivity index (χ0v) is 8.71. The average Bonchev–Trinajstić information content (AvgIpc) is 2.31. The van der Waals surface area contributed by atoms with Gasteiger partial charge in [-0.15, -0.1) is 0 Å². The molecule has 2 aromatic carbocycles. The number of para-hydroxylation sites is 2. The van der Waals surface area contributed by atoms with Crippen molar-refractivity contribution in [3.05, 3.63) is 60.7 Å². The minimum absolute atomic E-state index is 0.489. The second kappa shape index (κ2) is 4.49. The molecule has 0 aliphatic heterocycles. The standard InChI is InChI=1S/C13H12N2O/c14-13(16)15(11-7-3-1-4-8-11)12-9-5-2-6-10-12/h1-10H,(H2,14,16)/i14-1. The molecule has 16 heavy (non-hydrogen) atoms. The van der Waals surface area contributed by atoms with Crippen LogP contribution in [-0.4, -0.2) is 6.03 Å². The van der Waals surface area contributed by atoms with Crippen LogP contribution in [-0.2, 0) is 0 Å². The van der Waals surface area contributed by atoms with Crippen molar-refractivity contribution in [2.45, 2.75) is 0 Å². The predicted molar refractivity (Wildman–Crippen MR) is 64.6 cm³/mol. The van der Waals surface area contributed by atoms with E-state index in [1.54, 1.807) is 0 Å². The van der Waals surface area contributed by atoms with Crippen molar-refractivity contribution in [1.82, 2.24) is 0 Å². The fourth-order valence-corrected chi connectivity index (χ4v) is 1.56. The molecule has 2 rings (SSSR count). The Kier molecular flexibility index (Phi) is 2.87. The Morgan fingerprint density at radius 3 is 1.50 bits per heavy atom. The largest absolute Gasteiger partial charge is 0.351 e. The minimum atomic E-state index is -0.489. The lowest BCUT2D eigenvalue weighted by atomic mass is 10.2. The quantitative estimate of drug-likeness (QED) is 0.815. The second-order valence-corrected chi connectivity index (χ2v) is 3.34. The van der Waals surface area contributed by atoms with Gasteiger partial charge in [-0.25, -0.2) is 4.79 Å². The van der Waals surface area contributed by atoms with E-state index < -0.39 is 6.03 Å². The summed E-state index contributed by atoms with van der Waals surface area (Å²) in [6.45, 7) is 0. The highest BCUT2D eigenvalue weighted by Gasteiger charge is 2.13. The summed E-state index contributed by atoms with van der Waals surface area (Å²) in [4.78, 5) is 12.9. The molecule has 3 nitrogen and oxygen atoms in total. The number of primary amides is 1. The van der Waals surface area contributed by atoms with Crippen LogP contribution in [0.2, 0.25) is 0 Å². The van der Waals surface area contributed by atoms with Crippen LogP contribution >= 0.6 is 0 Å². The van der Waals surface area contributed by atoms with E-state index in [4.69, 9.17) is 5.73 Å². The first kappa shape index (κ1) is 10.2. The van der Waals surface area contributed by atoms with Crippen LogP contribution in [0.5, 0.6) is 0 Å². The summed E-state index contributed by atoms with van der Waals surface area (Å²) < 4.78 is 0. The Morgan fingerprint density at radius 1 is 0.812 bits per heavy atom. The maximum atomic E-state index is 11.4. The van der Waals surface area contributed by atoms with Crippen LogP contribution in [0.3, 0.4) is 0 Å². The van der Waals surface area contributed by atoms with Gasteiger partial charge in [0.2, 0.25) is 0 Å². The van der Waals surface area contributed by atoms with Crippen molar-refractivity contribution in [1.29, 1.82) is 0 Å². The SMILES string of the molecule is [13NH2]C(=O)N(c1ccccc1)c1ccccc1. The number of hydrogen-bond donors (Lipinski definition) is 1. The molecule has 0 aliphatic rings. The molecule has 2 aromatic rings. The average molecular weight is 211 g/mol. The molecule has 0 heterocycles. The van der Waals surface area contributed by atoms with E-state index in [0.717, 1.165) is 11.4 Å². The molecule has 0 aliphatic carbocycles. The normalized spacial score (nSPS) is 9.75. The van der Waals surface area contributed by atoms with Gasteiger partial charge in [-0.3, -0.25) is 4.90 Å². The lowest BCUT2D eigenvalue weighted by Crippen LogP contribution is -2.31. The topological polar surface area (TPSA) is 46.3 Å². The minimum Gasteiger partial charge on any atom is -0.351 e. The van der Waals surface area contributed by atoms with Gasteiger partial charge in [0.25, 0.3) is 0 Å². The second-order valence-electron chi connectivity index (χ2n) is 3.34. The van der Waals surface area contributed by atoms with Crippen LogP contribution in [0, 0.1) is 0 Å². The summed E-state index contributed by atoms with van der Waals surface area (Å²) in [5.41, 5.74) is 6.92. The fourth-order valence-electron chi connectivity index (χ4n) is 1.56. The predicted octanol–water partition coefficient (Wildman–Crippen LogP) is 2.90. The van der Waals surface area contributed by atoms with E-state index in [1.165, 1.54) is 4.90 Å². The first-order valence-electron chi connectivity index (χ1n) is 4.98. The molecule has 0 spiro atoms. The zero-order valence-electron chi connectivity index (χ0n) is 8.71. The lowest BCUT2D eigenvalue weighted by molar-refractivity contribution is 0.256. The van der Waals surface area contributed by atoms with Gasteiger partial charge in [-0.05, 0) is 24.3 Å². The monoisotopic (exact) mass is 211 g/mol. The van der Waals surface area contributed by atoms with Gasteiger partial charge in [-0.2, -0.15) is 0 Å².